The predicted octanol–water partition coefficient (Wildman–Crippen LogP) is 3.68. The molecule has 1 aliphatic carbocycles. The van der Waals surface area contributed by atoms with Crippen molar-refractivity contribution in [1.29, 1.82) is 0 Å². The Labute approximate surface area is 186 Å². The summed E-state index contributed by atoms with van der Waals surface area (Å²) in [6, 6.07) is 6.20. The van der Waals surface area contributed by atoms with Gasteiger partial charge in [0, 0.05) is 39.3 Å². The van der Waals surface area contributed by atoms with Crippen molar-refractivity contribution in [2.45, 2.75) is 50.7 Å². The first-order valence-electron chi connectivity index (χ1n) is 11.7. The fourth-order valence-electron chi connectivity index (χ4n) is 5.29. The molecule has 0 aromatic heterocycles. The van der Waals surface area contributed by atoms with E-state index in [4.69, 9.17) is 14.2 Å². The van der Waals surface area contributed by atoms with Crippen molar-refractivity contribution in [3.8, 4) is 5.75 Å². The first kappa shape index (κ1) is 22.5. The highest BCUT2D eigenvalue weighted by Gasteiger charge is 2.47. The zero-order chi connectivity index (χ0) is 21.7. The van der Waals surface area contributed by atoms with E-state index in [2.05, 4.69) is 42.2 Å². The number of morpholine rings is 1. The summed E-state index contributed by atoms with van der Waals surface area (Å²) in [7, 11) is 1.70. The van der Waals surface area contributed by atoms with Crippen molar-refractivity contribution in [2.75, 3.05) is 46.6 Å². The largest absolute Gasteiger partial charge is 0.496 e. The number of nitrogens with zero attached hydrogens (tertiary/aromatic N) is 1. The van der Waals surface area contributed by atoms with Gasteiger partial charge < -0.3 is 19.3 Å². The molecule has 0 spiro atoms. The fourth-order valence-corrected chi connectivity index (χ4v) is 5.29. The maximum absolute atomic E-state index is 12.3. The molecule has 2 aliphatic heterocycles. The van der Waals surface area contributed by atoms with E-state index < -0.39 is 5.60 Å². The van der Waals surface area contributed by atoms with E-state index >= 15 is 0 Å². The van der Waals surface area contributed by atoms with E-state index in [0.29, 0.717) is 26.2 Å². The van der Waals surface area contributed by atoms with E-state index in [1.807, 2.05) is 6.07 Å². The SMILES string of the molecule is COc1ccc(C)cc1CC(O)(C1CCOCC1)C1CN(CC2=CC=CCC2)CCO1. The van der Waals surface area contributed by atoms with Crippen LogP contribution in [0.25, 0.3) is 0 Å². The van der Waals surface area contributed by atoms with Gasteiger partial charge in [-0.1, -0.05) is 41.5 Å². The number of benzene rings is 1. The Balaban J connectivity index is 1.57. The zero-order valence-electron chi connectivity index (χ0n) is 19.0. The Morgan fingerprint density at radius 1 is 1.23 bits per heavy atom. The van der Waals surface area contributed by atoms with E-state index in [1.165, 1.54) is 11.1 Å². The Bertz CT molecular complexity index is 799. The van der Waals surface area contributed by atoms with Crippen LogP contribution in [0.4, 0.5) is 0 Å². The molecule has 0 bridgehead atoms. The van der Waals surface area contributed by atoms with Gasteiger partial charge in [-0.3, -0.25) is 4.90 Å². The van der Waals surface area contributed by atoms with Crippen LogP contribution in [0.5, 0.6) is 5.75 Å². The standard InChI is InChI=1S/C26H37NO4/c1-20-8-9-24(29-2)22(16-20)17-26(28,23-10-13-30-14-11-23)25-19-27(12-15-31-25)18-21-6-4-3-5-7-21/h3-4,6,8-9,16,23,25,28H,5,7,10-15,17-19H2,1-2H3. The highest BCUT2D eigenvalue weighted by atomic mass is 16.5. The molecule has 2 atom stereocenters. The van der Waals surface area contributed by atoms with Gasteiger partial charge in [-0.2, -0.15) is 0 Å². The number of methoxy groups -OCH3 is 1. The molecule has 3 aliphatic rings. The third-order valence-electron chi connectivity index (χ3n) is 7.07. The van der Waals surface area contributed by atoms with Gasteiger partial charge in [0.05, 0.1) is 25.4 Å². The van der Waals surface area contributed by atoms with E-state index in [0.717, 1.165) is 56.6 Å². The van der Waals surface area contributed by atoms with Crippen molar-refractivity contribution < 1.29 is 19.3 Å². The minimum Gasteiger partial charge on any atom is -0.496 e. The number of hydrogen-bond acceptors (Lipinski definition) is 5. The number of allylic oxidation sites excluding steroid dienone is 3. The number of hydrogen-bond donors (Lipinski definition) is 1. The summed E-state index contributed by atoms with van der Waals surface area (Å²) in [5.74, 6) is 0.983. The van der Waals surface area contributed by atoms with Crippen molar-refractivity contribution >= 4 is 0 Å². The lowest BCUT2D eigenvalue weighted by molar-refractivity contribution is -0.179. The van der Waals surface area contributed by atoms with Gasteiger partial charge in [-0.25, -0.2) is 0 Å². The molecule has 5 heteroatoms. The summed E-state index contributed by atoms with van der Waals surface area (Å²) in [6.07, 6.45) is 10.9. The van der Waals surface area contributed by atoms with Crippen molar-refractivity contribution in [1.82, 2.24) is 4.90 Å². The molecule has 0 amide bonds. The van der Waals surface area contributed by atoms with Crippen LogP contribution in [0.15, 0.2) is 42.0 Å². The number of aryl methyl sites for hydroxylation is 1. The second kappa shape index (κ2) is 10.3. The second-order valence-electron chi connectivity index (χ2n) is 9.26. The topological polar surface area (TPSA) is 51.2 Å². The molecule has 5 nitrogen and oxygen atoms in total. The predicted molar refractivity (Wildman–Crippen MR) is 123 cm³/mol. The number of rotatable bonds is 7. The molecule has 4 rings (SSSR count). The summed E-state index contributed by atoms with van der Waals surface area (Å²) in [6.45, 7) is 6.77. The average molecular weight is 428 g/mol. The first-order chi connectivity index (χ1) is 15.1. The van der Waals surface area contributed by atoms with Crippen LogP contribution < -0.4 is 4.74 Å². The minimum atomic E-state index is -0.954. The first-order valence-corrected chi connectivity index (χ1v) is 11.7. The molecule has 2 unspecified atom stereocenters. The third kappa shape index (κ3) is 5.40. The van der Waals surface area contributed by atoms with Gasteiger partial charge in [0.15, 0.2) is 0 Å². The number of aliphatic hydroxyl groups is 1. The van der Waals surface area contributed by atoms with Crippen LogP contribution in [0.3, 0.4) is 0 Å². The monoisotopic (exact) mass is 427 g/mol. The number of ether oxygens (including phenoxy) is 3. The molecule has 2 heterocycles. The quantitative estimate of drug-likeness (QED) is 0.719. The molecule has 1 aromatic rings. The van der Waals surface area contributed by atoms with E-state index in [1.54, 1.807) is 7.11 Å². The van der Waals surface area contributed by atoms with Crippen molar-refractivity contribution in [3.05, 3.63) is 53.1 Å². The van der Waals surface area contributed by atoms with Gasteiger partial charge in [0.2, 0.25) is 0 Å². The summed E-state index contributed by atoms with van der Waals surface area (Å²) in [4.78, 5) is 2.46. The lowest BCUT2D eigenvalue weighted by atomic mass is 9.73. The molecule has 2 saturated heterocycles. The van der Waals surface area contributed by atoms with Crippen LogP contribution in [0, 0.1) is 12.8 Å². The van der Waals surface area contributed by atoms with Gasteiger partial charge >= 0.3 is 0 Å². The molecular formula is C26H37NO4. The van der Waals surface area contributed by atoms with Gasteiger partial charge in [-0.05, 0) is 50.2 Å². The zero-order valence-corrected chi connectivity index (χ0v) is 19.0. The van der Waals surface area contributed by atoms with Gasteiger partial charge in [-0.15, -0.1) is 0 Å². The van der Waals surface area contributed by atoms with Crippen molar-refractivity contribution in [3.63, 3.8) is 0 Å². The fraction of sp³-hybridized carbons (Fsp3) is 0.615. The Hall–Kier alpha value is -1.66. The lowest BCUT2D eigenvalue weighted by Crippen LogP contribution is -2.60. The van der Waals surface area contributed by atoms with Crippen LogP contribution >= 0.6 is 0 Å². The normalized spacial score (nSPS) is 25.1. The smallest absolute Gasteiger partial charge is 0.122 e. The summed E-state index contributed by atoms with van der Waals surface area (Å²) >= 11 is 0. The Kier molecular flexibility index (Phi) is 7.49. The van der Waals surface area contributed by atoms with E-state index in [-0.39, 0.29) is 12.0 Å². The molecule has 1 N–H and O–H groups in total. The van der Waals surface area contributed by atoms with E-state index in [9.17, 15) is 5.11 Å². The van der Waals surface area contributed by atoms with Crippen LogP contribution in [-0.2, 0) is 15.9 Å². The highest BCUT2D eigenvalue weighted by molar-refractivity contribution is 5.38. The van der Waals surface area contributed by atoms with Crippen LogP contribution in [0.2, 0.25) is 0 Å². The molecule has 31 heavy (non-hydrogen) atoms. The summed E-state index contributed by atoms with van der Waals surface area (Å²) in [5.41, 5.74) is 2.74. The molecule has 0 radical (unpaired) electrons. The molecular weight excluding hydrogens is 390 g/mol. The molecule has 2 fully saturated rings. The lowest BCUT2D eigenvalue weighted by Gasteiger charge is -2.47. The van der Waals surface area contributed by atoms with Gasteiger partial charge in [0.1, 0.15) is 5.75 Å². The minimum absolute atomic E-state index is 0.147. The summed E-state index contributed by atoms with van der Waals surface area (Å²) in [5, 5.41) is 12.3. The summed E-state index contributed by atoms with van der Waals surface area (Å²) < 4.78 is 17.5. The molecule has 0 saturated carbocycles. The van der Waals surface area contributed by atoms with Crippen molar-refractivity contribution in [2.24, 2.45) is 5.92 Å². The molecule has 170 valence electrons. The Morgan fingerprint density at radius 2 is 2.06 bits per heavy atom. The second-order valence-corrected chi connectivity index (χ2v) is 9.26. The third-order valence-corrected chi connectivity index (χ3v) is 7.07. The van der Waals surface area contributed by atoms with Gasteiger partial charge in [0.25, 0.3) is 0 Å². The Morgan fingerprint density at radius 3 is 2.81 bits per heavy atom. The van der Waals surface area contributed by atoms with Crippen LogP contribution in [-0.4, -0.2) is 68.3 Å². The highest BCUT2D eigenvalue weighted by Crippen LogP contribution is 2.38. The molecule has 1 aromatic carbocycles. The average Bonchev–Trinajstić information content (AvgIpc) is 2.81. The maximum Gasteiger partial charge on any atom is 0.122 e. The van der Waals surface area contributed by atoms with Crippen LogP contribution in [0.1, 0.15) is 36.8 Å². The maximum atomic E-state index is 12.3.